The number of likely N-dealkylation sites (N-methyl/N-ethyl adjacent to an activating group) is 1. The number of carbonyl (C=O) groups is 4. The molecule has 0 unspecified atom stereocenters. The number of nitrogens with zero attached hydrogens (tertiary/aromatic N) is 1. The van der Waals surface area contributed by atoms with Crippen molar-refractivity contribution in [3.05, 3.63) is 47.0 Å². The number of alkyl carbamates (subject to hydrolysis) is 1. The van der Waals surface area contributed by atoms with Crippen LogP contribution in [0.3, 0.4) is 0 Å². The molecule has 4 atom stereocenters. The summed E-state index contributed by atoms with van der Waals surface area (Å²) in [6.45, 7) is 4.21. The van der Waals surface area contributed by atoms with Gasteiger partial charge in [-0.15, -0.1) is 0 Å². The largest absolute Gasteiger partial charge is 0.478 e. The third-order valence-electron chi connectivity index (χ3n) is 7.35. The monoisotopic (exact) mass is 640 g/mol. The second-order valence-corrected chi connectivity index (χ2v) is 11.0. The number of ether oxygens (including phenoxy) is 3. The molecule has 1 aromatic rings. The predicted molar refractivity (Wildman–Crippen MR) is 164 cm³/mol. The minimum Gasteiger partial charge on any atom is -0.478 e. The summed E-state index contributed by atoms with van der Waals surface area (Å²) < 4.78 is 16.5. The van der Waals surface area contributed by atoms with E-state index in [2.05, 4.69) is 20.7 Å². The summed E-state index contributed by atoms with van der Waals surface area (Å²) >= 11 is 6.27. The number of rotatable bonds is 13. The lowest BCUT2D eigenvalue weighted by Gasteiger charge is -2.37. The molecule has 2 fully saturated rings. The van der Waals surface area contributed by atoms with E-state index in [0.717, 1.165) is 51.0 Å². The van der Waals surface area contributed by atoms with Gasteiger partial charge < -0.3 is 45.3 Å². The van der Waals surface area contributed by atoms with Crippen LogP contribution >= 0.6 is 11.6 Å². The van der Waals surface area contributed by atoms with Gasteiger partial charge in [0.15, 0.2) is 0 Å². The first-order valence-electron chi connectivity index (χ1n) is 14.7. The predicted octanol–water partition coefficient (Wildman–Crippen LogP) is 3.29. The van der Waals surface area contributed by atoms with E-state index >= 15 is 0 Å². The standard InChI is InChI=1S/C26H41ClN4O5.C4H4O4/c1-28-23(14-19-6-5-12-35-18-19)16-30-25(32)31-11-4-8-21(17-31)24(20-7-3-9-22(27)15-20)36-13-10-29-26(33)34-2;5-3(6)1-2-4(7)8/h3,7,9,15,19,21,23-24,28H,4-6,8,10-14,16-18H2,1-2H3,(H,29,33)(H,30,32);1-2H,(H,5,6)(H,7,8)/b;2-1+/t19-,21-,23+,24+;/m1./s1. The second kappa shape index (κ2) is 20.5. The third-order valence-corrected chi connectivity index (χ3v) is 7.59. The number of benzene rings is 1. The topological polar surface area (TPSA) is 176 Å². The lowest BCUT2D eigenvalue weighted by molar-refractivity contribution is -0.134. The van der Waals surface area contributed by atoms with Crippen LogP contribution < -0.4 is 16.0 Å². The molecule has 0 spiro atoms. The molecule has 0 saturated carbocycles. The Morgan fingerprint density at radius 2 is 1.89 bits per heavy atom. The molecule has 0 radical (unpaired) electrons. The fourth-order valence-corrected chi connectivity index (χ4v) is 5.40. The summed E-state index contributed by atoms with van der Waals surface area (Å²) in [5, 5.41) is 25.4. The van der Waals surface area contributed by atoms with Gasteiger partial charge >= 0.3 is 24.1 Å². The number of aliphatic carboxylic acids is 2. The molecular weight excluding hydrogens is 596 g/mol. The molecule has 44 heavy (non-hydrogen) atoms. The van der Waals surface area contributed by atoms with E-state index in [1.165, 1.54) is 13.5 Å². The van der Waals surface area contributed by atoms with Crippen molar-refractivity contribution in [2.45, 2.75) is 44.2 Å². The highest BCUT2D eigenvalue weighted by molar-refractivity contribution is 6.30. The molecule has 14 heteroatoms. The SMILES string of the molecule is CN[C@H](CNC(=O)N1CCC[C@@H]([C@@H](OCCNC(=O)OC)c2cccc(Cl)c2)C1)C[C@H]1CCCOC1.O=C(O)/C=C/C(=O)O. The zero-order valence-electron chi connectivity index (χ0n) is 25.3. The number of methoxy groups -OCH3 is 1. The first-order chi connectivity index (χ1) is 21.1. The van der Waals surface area contributed by atoms with Crippen molar-refractivity contribution in [2.24, 2.45) is 11.8 Å². The molecule has 13 nitrogen and oxygen atoms in total. The lowest BCUT2D eigenvalue weighted by atomic mass is 9.88. The van der Waals surface area contributed by atoms with Crippen LogP contribution in [0, 0.1) is 11.8 Å². The van der Waals surface area contributed by atoms with E-state index in [9.17, 15) is 19.2 Å². The summed E-state index contributed by atoms with van der Waals surface area (Å²) in [7, 11) is 3.27. The number of nitrogens with one attached hydrogen (secondary N) is 3. The maximum Gasteiger partial charge on any atom is 0.406 e. The summed E-state index contributed by atoms with van der Waals surface area (Å²) in [6, 6.07) is 7.81. The minimum absolute atomic E-state index is 0.0444. The first kappa shape index (κ1) is 36.8. The zero-order chi connectivity index (χ0) is 32.3. The van der Waals surface area contributed by atoms with Gasteiger partial charge in [0.2, 0.25) is 0 Å². The fourth-order valence-electron chi connectivity index (χ4n) is 5.20. The Kier molecular flexibility index (Phi) is 17.2. The molecule has 2 saturated heterocycles. The van der Waals surface area contributed by atoms with Gasteiger partial charge in [-0.05, 0) is 62.8 Å². The summed E-state index contributed by atoms with van der Waals surface area (Å²) in [5.74, 6) is -1.86. The quantitative estimate of drug-likeness (QED) is 0.159. The maximum atomic E-state index is 13.1. The van der Waals surface area contributed by atoms with Crippen LogP contribution in [0.2, 0.25) is 5.02 Å². The smallest absolute Gasteiger partial charge is 0.406 e. The normalized spacial score (nSPS) is 19.7. The van der Waals surface area contributed by atoms with Gasteiger partial charge in [0.1, 0.15) is 0 Å². The van der Waals surface area contributed by atoms with Gasteiger partial charge in [0, 0.05) is 68.5 Å². The van der Waals surface area contributed by atoms with Crippen LogP contribution in [-0.2, 0) is 23.8 Å². The summed E-state index contributed by atoms with van der Waals surface area (Å²) in [4.78, 5) is 45.4. The second-order valence-electron chi connectivity index (χ2n) is 10.6. The number of piperidine rings is 1. The molecule has 246 valence electrons. The molecule has 3 amide bonds. The van der Waals surface area contributed by atoms with Crippen molar-refractivity contribution < 1.29 is 43.6 Å². The number of amides is 3. The number of carboxylic acids is 2. The molecule has 0 aromatic heterocycles. The Balaban J connectivity index is 0.000000742. The molecule has 5 N–H and O–H groups in total. The molecule has 0 bridgehead atoms. The van der Waals surface area contributed by atoms with E-state index in [-0.39, 0.29) is 24.1 Å². The van der Waals surface area contributed by atoms with E-state index in [1.54, 1.807) is 0 Å². The van der Waals surface area contributed by atoms with Crippen molar-refractivity contribution in [2.75, 3.05) is 60.2 Å². The summed E-state index contributed by atoms with van der Waals surface area (Å²) in [5.41, 5.74) is 0.970. The van der Waals surface area contributed by atoms with Crippen LogP contribution in [0.1, 0.15) is 43.8 Å². The van der Waals surface area contributed by atoms with Crippen molar-refractivity contribution in [3.8, 4) is 0 Å². The Morgan fingerprint density at radius 3 is 2.50 bits per heavy atom. The Hall–Kier alpha value is -3.39. The number of carbonyl (C=O) groups excluding carboxylic acids is 2. The molecule has 2 aliphatic heterocycles. The highest BCUT2D eigenvalue weighted by Gasteiger charge is 2.31. The van der Waals surface area contributed by atoms with Gasteiger partial charge in [-0.3, -0.25) is 0 Å². The van der Waals surface area contributed by atoms with Crippen LogP contribution in [0.4, 0.5) is 9.59 Å². The van der Waals surface area contributed by atoms with E-state index in [0.29, 0.717) is 49.3 Å². The van der Waals surface area contributed by atoms with Crippen LogP contribution in [0.15, 0.2) is 36.4 Å². The van der Waals surface area contributed by atoms with E-state index in [4.69, 9.17) is 31.3 Å². The van der Waals surface area contributed by atoms with Crippen molar-refractivity contribution in [3.63, 3.8) is 0 Å². The zero-order valence-corrected chi connectivity index (χ0v) is 26.1. The van der Waals surface area contributed by atoms with Crippen LogP contribution in [0.25, 0.3) is 0 Å². The molecule has 2 heterocycles. The minimum atomic E-state index is -1.26. The van der Waals surface area contributed by atoms with Crippen LogP contribution in [0.5, 0.6) is 0 Å². The number of halogens is 1. The number of urea groups is 1. The van der Waals surface area contributed by atoms with E-state index in [1.807, 2.05) is 36.2 Å². The summed E-state index contributed by atoms with van der Waals surface area (Å²) in [6.07, 6.45) is 5.50. The molecule has 1 aromatic carbocycles. The van der Waals surface area contributed by atoms with Crippen LogP contribution in [-0.4, -0.2) is 105 Å². The van der Waals surface area contributed by atoms with E-state index < -0.39 is 18.0 Å². The maximum absolute atomic E-state index is 13.1. The van der Waals surface area contributed by atoms with Gasteiger partial charge in [0.05, 0.1) is 19.8 Å². The fraction of sp³-hybridized carbons (Fsp3) is 0.600. The Bertz CT molecular complexity index is 1070. The Labute approximate surface area is 263 Å². The number of carboxylic acid groups (broad SMARTS) is 2. The molecule has 2 aliphatic rings. The van der Waals surface area contributed by atoms with Gasteiger partial charge in [-0.1, -0.05) is 23.7 Å². The number of likely N-dealkylation sites (tertiary alicyclic amines) is 1. The Morgan fingerprint density at radius 1 is 1.14 bits per heavy atom. The first-order valence-corrected chi connectivity index (χ1v) is 15.1. The number of hydrogen-bond donors (Lipinski definition) is 5. The average Bonchev–Trinajstić information content (AvgIpc) is 3.02. The molecular formula is C30H45ClN4O9. The highest BCUT2D eigenvalue weighted by Crippen LogP contribution is 2.34. The average molecular weight is 641 g/mol. The third kappa shape index (κ3) is 14.4. The van der Waals surface area contributed by atoms with Gasteiger partial charge in [0.25, 0.3) is 0 Å². The van der Waals surface area contributed by atoms with Crippen molar-refractivity contribution in [1.29, 1.82) is 0 Å². The van der Waals surface area contributed by atoms with Gasteiger partial charge in [-0.25, -0.2) is 19.2 Å². The van der Waals surface area contributed by atoms with Crippen molar-refractivity contribution in [1.82, 2.24) is 20.9 Å². The molecule has 0 aliphatic carbocycles. The number of hydrogen-bond acceptors (Lipinski definition) is 8. The molecule has 3 rings (SSSR count). The lowest BCUT2D eigenvalue weighted by Crippen LogP contribution is -2.50. The van der Waals surface area contributed by atoms with Crippen molar-refractivity contribution >= 4 is 35.7 Å². The van der Waals surface area contributed by atoms with Gasteiger partial charge in [-0.2, -0.15) is 0 Å². The highest BCUT2D eigenvalue weighted by atomic mass is 35.5.